The van der Waals surface area contributed by atoms with Gasteiger partial charge in [0.05, 0.1) is 12.5 Å². The number of amides is 1. The number of aliphatic hydroxyl groups is 4. The fourth-order valence-corrected chi connectivity index (χ4v) is 2.35. The molecule has 112 valence electrons. The normalized spacial score (nSPS) is 43.1. The van der Waals surface area contributed by atoms with Crippen LogP contribution in [0.15, 0.2) is 17.1 Å². The van der Waals surface area contributed by atoms with Gasteiger partial charge in [0.15, 0.2) is 6.29 Å². The van der Waals surface area contributed by atoms with E-state index in [0.29, 0.717) is 12.1 Å². The molecule has 2 aliphatic rings. The van der Waals surface area contributed by atoms with Crippen LogP contribution in [0, 0.1) is 5.92 Å². The van der Waals surface area contributed by atoms with E-state index in [4.69, 9.17) is 15.6 Å². The van der Waals surface area contributed by atoms with Crippen molar-refractivity contribution in [3.63, 3.8) is 0 Å². The van der Waals surface area contributed by atoms with Crippen LogP contribution in [0.4, 0.5) is 0 Å². The summed E-state index contributed by atoms with van der Waals surface area (Å²) in [5.41, 5.74) is 5.57. The van der Waals surface area contributed by atoms with E-state index in [9.17, 15) is 20.1 Å². The number of aliphatic imine (C=N–C) groups is 1. The van der Waals surface area contributed by atoms with Gasteiger partial charge in [-0.3, -0.25) is 9.79 Å². The minimum atomic E-state index is -1.49. The number of primary amides is 1. The van der Waals surface area contributed by atoms with Gasteiger partial charge in [0.25, 0.3) is 0 Å². The Morgan fingerprint density at radius 1 is 1.40 bits per heavy atom. The first-order valence-electron chi connectivity index (χ1n) is 6.29. The third kappa shape index (κ3) is 2.74. The van der Waals surface area contributed by atoms with Crippen LogP contribution in [0.2, 0.25) is 0 Å². The Morgan fingerprint density at radius 3 is 2.70 bits per heavy atom. The molecule has 0 saturated carbocycles. The van der Waals surface area contributed by atoms with Crippen molar-refractivity contribution in [1.82, 2.24) is 0 Å². The highest BCUT2D eigenvalue weighted by Gasteiger charge is 2.44. The van der Waals surface area contributed by atoms with E-state index in [0.717, 1.165) is 0 Å². The topological polar surface area (TPSA) is 146 Å². The zero-order valence-corrected chi connectivity index (χ0v) is 10.7. The summed E-state index contributed by atoms with van der Waals surface area (Å²) in [5, 5.41) is 38.5. The monoisotopic (exact) mass is 286 g/mol. The maximum absolute atomic E-state index is 11.2. The molecule has 0 aromatic heterocycles. The van der Waals surface area contributed by atoms with Crippen LogP contribution in [0.5, 0.6) is 0 Å². The lowest BCUT2D eigenvalue weighted by Crippen LogP contribution is -2.58. The summed E-state index contributed by atoms with van der Waals surface area (Å²) in [4.78, 5) is 15.3. The first kappa shape index (κ1) is 15.1. The second kappa shape index (κ2) is 5.98. The van der Waals surface area contributed by atoms with Gasteiger partial charge in [0.2, 0.25) is 5.91 Å². The van der Waals surface area contributed by atoms with E-state index in [1.807, 2.05) is 0 Å². The minimum Gasteiger partial charge on any atom is -0.394 e. The van der Waals surface area contributed by atoms with Crippen LogP contribution in [0.3, 0.4) is 0 Å². The van der Waals surface area contributed by atoms with Crippen LogP contribution in [-0.4, -0.2) is 69.3 Å². The van der Waals surface area contributed by atoms with Crippen molar-refractivity contribution < 1.29 is 30.0 Å². The molecule has 1 aliphatic carbocycles. The van der Waals surface area contributed by atoms with E-state index in [1.54, 1.807) is 12.2 Å². The smallest absolute Gasteiger partial charge is 0.226 e. The molecule has 1 amide bonds. The van der Waals surface area contributed by atoms with Gasteiger partial charge < -0.3 is 30.9 Å². The molecule has 6 atom stereocenters. The second-order valence-electron chi connectivity index (χ2n) is 4.87. The predicted octanol–water partition coefficient (Wildman–Crippen LogP) is -2.71. The highest BCUT2D eigenvalue weighted by molar-refractivity contribution is 6.11. The number of rotatable bonds is 3. The van der Waals surface area contributed by atoms with Gasteiger partial charge in [-0.1, -0.05) is 6.08 Å². The molecule has 0 radical (unpaired) electrons. The van der Waals surface area contributed by atoms with Crippen LogP contribution in [0.25, 0.3) is 0 Å². The van der Waals surface area contributed by atoms with Gasteiger partial charge in [0.1, 0.15) is 24.4 Å². The molecule has 8 heteroatoms. The molecule has 0 spiro atoms. The summed E-state index contributed by atoms with van der Waals surface area (Å²) >= 11 is 0. The van der Waals surface area contributed by atoms with E-state index in [1.165, 1.54) is 0 Å². The van der Waals surface area contributed by atoms with Crippen molar-refractivity contribution in [3.05, 3.63) is 12.2 Å². The molecule has 1 heterocycles. The maximum Gasteiger partial charge on any atom is 0.226 e. The number of nitrogens with zero attached hydrogens (tertiary/aromatic N) is 1. The number of hydrogen-bond donors (Lipinski definition) is 5. The molecular formula is C12H18N2O6. The zero-order chi connectivity index (χ0) is 14.9. The molecule has 1 fully saturated rings. The number of carbonyl (C=O) groups is 1. The van der Waals surface area contributed by atoms with Crippen molar-refractivity contribution >= 4 is 11.6 Å². The Hall–Kier alpha value is -1.32. The zero-order valence-electron chi connectivity index (χ0n) is 10.7. The van der Waals surface area contributed by atoms with E-state index >= 15 is 0 Å². The lowest BCUT2D eigenvalue weighted by Gasteiger charge is -2.38. The molecule has 2 rings (SSSR count). The molecule has 0 aromatic rings. The van der Waals surface area contributed by atoms with Crippen molar-refractivity contribution in [3.8, 4) is 0 Å². The second-order valence-corrected chi connectivity index (χ2v) is 4.87. The Kier molecular flexibility index (Phi) is 4.51. The number of aliphatic hydroxyl groups excluding tert-OH is 4. The Labute approximate surface area is 115 Å². The van der Waals surface area contributed by atoms with Crippen molar-refractivity contribution in [2.45, 2.75) is 37.1 Å². The number of ether oxygens (including phenoxy) is 1. The average Bonchev–Trinajstić information content (AvgIpc) is 2.87. The molecule has 1 aliphatic heterocycles. The predicted molar refractivity (Wildman–Crippen MR) is 67.6 cm³/mol. The molecule has 1 saturated heterocycles. The summed E-state index contributed by atoms with van der Waals surface area (Å²) < 4.78 is 4.98. The number of carbonyl (C=O) groups excluding carboxylic acids is 1. The molecular weight excluding hydrogens is 268 g/mol. The van der Waals surface area contributed by atoms with E-state index in [-0.39, 0.29) is 0 Å². The van der Waals surface area contributed by atoms with Crippen LogP contribution < -0.4 is 5.73 Å². The minimum absolute atomic E-state index is 0.332. The Morgan fingerprint density at radius 2 is 2.10 bits per heavy atom. The summed E-state index contributed by atoms with van der Waals surface area (Å²) in [6, 6.07) is -1.15. The quantitative estimate of drug-likeness (QED) is 0.381. The van der Waals surface area contributed by atoms with Gasteiger partial charge in [0, 0.05) is 5.71 Å². The van der Waals surface area contributed by atoms with Gasteiger partial charge in [-0.2, -0.15) is 0 Å². The summed E-state index contributed by atoms with van der Waals surface area (Å²) in [5.74, 6) is -1.16. The Bertz CT molecular complexity index is 438. The van der Waals surface area contributed by atoms with E-state index in [2.05, 4.69) is 4.99 Å². The fraction of sp³-hybridized carbons (Fsp3) is 0.667. The van der Waals surface area contributed by atoms with Crippen LogP contribution in [0.1, 0.15) is 6.42 Å². The molecule has 0 aromatic carbocycles. The fourth-order valence-electron chi connectivity index (χ4n) is 2.35. The molecule has 20 heavy (non-hydrogen) atoms. The van der Waals surface area contributed by atoms with Gasteiger partial charge >= 0.3 is 0 Å². The SMILES string of the molecule is NC(=O)C1CC=CC1=N[C@@H]1[C@@H](O)[C@H](O)[C@@H](CO)O[C@H]1O. The first-order valence-corrected chi connectivity index (χ1v) is 6.29. The lowest BCUT2D eigenvalue weighted by molar-refractivity contribution is -0.248. The molecule has 1 unspecified atom stereocenters. The van der Waals surface area contributed by atoms with Crippen molar-refractivity contribution in [2.75, 3.05) is 6.61 Å². The largest absolute Gasteiger partial charge is 0.394 e. The number of hydrogen-bond acceptors (Lipinski definition) is 7. The van der Waals surface area contributed by atoms with Crippen molar-refractivity contribution in [1.29, 1.82) is 0 Å². The third-order valence-corrected chi connectivity index (χ3v) is 3.53. The number of allylic oxidation sites excluding steroid dienone is 2. The molecule has 8 nitrogen and oxygen atoms in total. The highest BCUT2D eigenvalue weighted by Crippen LogP contribution is 2.24. The van der Waals surface area contributed by atoms with Gasteiger partial charge in [-0.25, -0.2) is 0 Å². The van der Waals surface area contributed by atoms with Crippen molar-refractivity contribution in [2.24, 2.45) is 16.6 Å². The highest BCUT2D eigenvalue weighted by atomic mass is 16.6. The lowest BCUT2D eigenvalue weighted by atomic mass is 9.96. The molecule has 6 N–H and O–H groups in total. The summed E-state index contributed by atoms with van der Waals surface area (Å²) in [6.07, 6.45) is -1.65. The maximum atomic E-state index is 11.2. The third-order valence-electron chi connectivity index (χ3n) is 3.53. The summed E-state index contributed by atoms with van der Waals surface area (Å²) in [6.45, 7) is -0.539. The first-order chi connectivity index (χ1) is 9.45. The van der Waals surface area contributed by atoms with Crippen LogP contribution >= 0.6 is 0 Å². The number of nitrogens with two attached hydrogens (primary N) is 1. The molecule has 0 bridgehead atoms. The van der Waals surface area contributed by atoms with Crippen LogP contribution in [-0.2, 0) is 9.53 Å². The standard InChI is InChI=1S/C12H18N2O6/c13-11(18)5-2-1-3-6(5)14-8-10(17)9(16)7(4-15)20-12(8)19/h1,3,5,7-10,12,15-17,19H,2,4H2,(H2,13,18)/t5?,7-,8-,9-,10-,12-/m1/s1. The van der Waals surface area contributed by atoms with Gasteiger partial charge in [-0.05, 0) is 12.5 Å². The van der Waals surface area contributed by atoms with E-state index < -0.39 is 49.1 Å². The average molecular weight is 286 g/mol. The Balaban J connectivity index is 2.19. The summed E-state index contributed by atoms with van der Waals surface area (Å²) in [7, 11) is 0. The van der Waals surface area contributed by atoms with Gasteiger partial charge in [-0.15, -0.1) is 0 Å².